The summed E-state index contributed by atoms with van der Waals surface area (Å²) in [4.78, 5) is 0. The van der Waals surface area contributed by atoms with Crippen molar-refractivity contribution in [2.24, 2.45) is 0 Å². The van der Waals surface area contributed by atoms with Crippen LogP contribution in [0.5, 0.6) is 0 Å². The Morgan fingerprint density at radius 1 is 0.833 bits per heavy atom. The second-order valence-electron chi connectivity index (χ2n) is 3.82. The van der Waals surface area contributed by atoms with Crippen LogP contribution in [-0.4, -0.2) is 0 Å². The average molecular weight is 313 g/mol. The van der Waals surface area contributed by atoms with Crippen molar-refractivity contribution in [2.45, 2.75) is 19.8 Å². The minimum atomic E-state index is 0. The quantitative estimate of drug-likeness (QED) is 0.707. The smallest absolute Gasteiger partial charge is 0 e. The molecule has 0 spiro atoms. The van der Waals surface area contributed by atoms with Crippen LogP contribution in [-0.2, 0) is 32.7 Å². The Kier molecular flexibility index (Phi) is 11.1. The SMILES string of the molecule is [CH2-]CCC.[Y].c1ccc([CH-]c2ccccc2)cc1. The summed E-state index contributed by atoms with van der Waals surface area (Å²) in [6.07, 6.45) is 4.44. The molecule has 0 nitrogen and oxygen atoms in total. The fraction of sp³-hybridized carbons (Fsp3) is 0.176. The van der Waals surface area contributed by atoms with Crippen LogP contribution in [0.2, 0.25) is 0 Å². The van der Waals surface area contributed by atoms with Crippen LogP contribution in [0.4, 0.5) is 0 Å². The van der Waals surface area contributed by atoms with Crippen LogP contribution in [0.3, 0.4) is 0 Å². The number of benzene rings is 2. The molecule has 0 saturated heterocycles. The summed E-state index contributed by atoms with van der Waals surface area (Å²) in [7, 11) is 0. The van der Waals surface area contributed by atoms with Crippen LogP contribution >= 0.6 is 0 Å². The molecule has 0 aliphatic carbocycles. The maximum absolute atomic E-state index is 3.60. The molecule has 2 aromatic carbocycles. The zero-order valence-corrected chi connectivity index (χ0v) is 13.9. The minimum Gasteiger partial charge on any atom is -0.343 e. The van der Waals surface area contributed by atoms with Gasteiger partial charge in [0.1, 0.15) is 0 Å². The Morgan fingerprint density at radius 2 is 1.17 bits per heavy atom. The molecule has 0 aromatic heterocycles. The third-order valence-electron chi connectivity index (χ3n) is 2.29. The van der Waals surface area contributed by atoms with Gasteiger partial charge in [-0.15, -0.1) is 41.8 Å². The van der Waals surface area contributed by atoms with Gasteiger partial charge < -0.3 is 6.92 Å². The topological polar surface area (TPSA) is 0 Å². The van der Waals surface area contributed by atoms with E-state index in [9.17, 15) is 0 Å². The molecule has 0 N–H and O–H groups in total. The Bertz CT molecular complexity index is 341. The summed E-state index contributed by atoms with van der Waals surface area (Å²) in [6, 6.07) is 20.7. The average Bonchev–Trinajstić information content (AvgIpc) is 2.41. The van der Waals surface area contributed by atoms with Crippen LogP contribution in [0.15, 0.2) is 60.7 Å². The summed E-state index contributed by atoms with van der Waals surface area (Å²) in [5.74, 6) is 0. The number of rotatable bonds is 3. The first-order valence-corrected chi connectivity index (χ1v) is 6.11. The van der Waals surface area contributed by atoms with Crippen LogP contribution in [0, 0.1) is 13.3 Å². The second kappa shape index (κ2) is 11.5. The van der Waals surface area contributed by atoms with Gasteiger partial charge >= 0.3 is 0 Å². The van der Waals surface area contributed by atoms with E-state index in [0.29, 0.717) is 0 Å². The van der Waals surface area contributed by atoms with E-state index in [1.54, 1.807) is 0 Å². The molecule has 0 saturated carbocycles. The van der Waals surface area contributed by atoms with Gasteiger partial charge in [0, 0.05) is 32.7 Å². The minimum absolute atomic E-state index is 0. The van der Waals surface area contributed by atoms with Crippen molar-refractivity contribution in [3.05, 3.63) is 85.1 Å². The first kappa shape index (κ1) is 17.4. The molecular formula is C17H20Y-2. The molecule has 93 valence electrons. The van der Waals surface area contributed by atoms with Gasteiger partial charge in [-0.3, -0.25) is 0 Å². The normalized spacial score (nSPS) is 8.56. The molecule has 2 aromatic rings. The van der Waals surface area contributed by atoms with E-state index in [-0.39, 0.29) is 32.7 Å². The van der Waals surface area contributed by atoms with Gasteiger partial charge in [0.25, 0.3) is 0 Å². The first-order valence-electron chi connectivity index (χ1n) is 6.11. The molecule has 0 aliphatic rings. The zero-order chi connectivity index (χ0) is 12.3. The zero-order valence-electron chi connectivity index (χ0n) is 11.0. The molecule has 0 unspecified atom stereocenters. The maximum Gasteiger partial charge on any atom is 0 e. The van der Waals surface area contributed by atoms with Crippen molar-refractivity contribution >= 4 is 0 Å². The van der Waals surface area contributed by atoms with E-state index < -0.39 is 0 Å². The van der Waals surface area contributed by atoms with Gasteiger partial charge in [-0.05, 0) is 0 Å². The third kappa shape index (κ3) is 7.68. The van der Waals surface area contributed by atoms with Crippen molar-refractivity contribution in [1.82, 2.24) is 0 Å². The van der Waals surface area contributed by atoms with Gasteiger partial charge in [0.2, 0.25) is 0 Å². The number of hydrogen-bond acceptors (Lipinski definition) is 0. The van der Waals surface area contributed by atoms with Gasteiger partial charge in [-0.25, -0.2) is 0 Å². The Labute approximate surface area is 137 Å². The van der Waals surface area contributed by atoms with E-state index in [0.717, 1.165) is 6.42 Å². The molecule has 2 rings (SSSR count). The molecule has 0 fully saturated rings. The van der Waals surface area contributed by atoms with E-state index in [1.165, 1.54) is 17.5 Å². The van der Waals surface area contributed by atoms with E-state index in [1.807, 2.05) is 12.1 Å². The van der Waals surface area contributed by atoms with Crippen molar-refractivity contribution in [3.63, 3.8) is 0 Å². The summed E-state index contributed by atoms with van der Waals surface area (Å²) < 4.78 is 0. The van der Waals surface area contributed by atoms with Crippen molar-refractivity contribution in [3.8, 4) is 0 Å². The molecule has 0 atom stereocenters. The molecule has 0 heterocycles. The van der Waals surface area contributed by atoms with Gasteiger partial charge in [-0.2, -0.15) is 6.42 Å². The molecule has 0 aliphatic heterocycles. The Hall–Kier alpha value is -0.586. The molecular weight excluding hydrogens is 293 g/mol. The second-order valence-corrected chi connectivity index (χ2v) is 3.82. The molecule has 0 bridgehead atoms. The predicted molar refractivity (Wildman–Crippen MR) is 75.7 cm³/mol. The van der Waals surface area contributed by atoms with E-state index in [4.69, 9.17) is 0 Å². The number of unbranched alkanes of at least 4 members (excludes halogenated alkanes) is 1. The van der Waals surface area contributed by atoms with Crippen LogP contribution in [0.1, 0.15) is 30.9 Å². The van der Waals surface area contributed by atoms with Crippen molar-refractivity contribution < 1.29 is 32.7 Å². The largest absolute Gasteiger partial charge is 0.343 e. The summed E-state index contributed by atoms with van der Waals surface area (Å²) in [6.45, 7) is 5.72. The monoisotopic (exact) mass is 313 g/mol. The van der Waals surface area contributed by atoms with Crippen molar-refractivity contribution in [1.29, 1.82) is 0 Å². The Balaban J connectivity index is 0.000000512. The summed E-state index contributed by atoms with van der Waals surface area (Å²) in [5, 5.41) is 0. The molecule has 1 radical (unpaired) electrons. The maximum atomic E-state index is 3.60. The Morgan fingerprint density at radius 3 is 1.44 bits per heavy atom. The summed E-state index contributed by atoms with van der Waals surface area (Å²) in [5.41, 5.74) is 2.49. The predicted octanol–water partition coefficient (Wildman–Crippen LogP) is 4.91. The van der Waals surface area contributed by atoms with Gasteiger partial charge in [-0.1, -0.05) is 49.7 Å². The standard InChI is InChI=1S/C13H11.C4H9.Y/c1-3-7-12(8-4-1)11-13-9-5-2-6-10-13;1-3-4-2;/h1-11H;1,3-4H2,2H3;/q2*-1;. The van der Waals surface area contributed by atoms with Crippen molar-refractivity contribution in [2.75, 3.05) is 0 Å². The van der Waals surface area contributed by atoms with E-state index in [2.05, 4.69) is 68.8 Å². The molecule has 0 amide bonds. The van der Waals surface area contributed by atoms with Gasteiger partial charge in [0.15, 0.2) is 0 Å². The number of hydrogen-bond donors (Lipinski definition) is 0. The fourth-order valence-electron chi connectivity index (χ4n) is 1.29. The van der Waals surface area contributed by atoms with E-state index >= 15 is 0 Å². The first-order chi connectivity index (χ1) is 8.36. The van der Waals surface area contributed by atoms with Crippen LogP contribution < -0.4 is 0 Å². The molecule has 18 heavy (non-hydrogen) atoms. The summed E-state index contributed by atoms with van der Waals surface area (Å²) >= 11 is 0. The fourth-order valence-corrected chi connectivity index (χ4v) is 1.29. The third-order valence-corrected chi connectivity index (χ3v) is 2.29. The molecule has 1 heteroatoms. The van der Waals surface area contributed by atoms with Gasteiger partial charge in [0.05, 0.1) is 0 Å². The van der Waals surface area contributed by atoms with Crippen LogP contribution in [0.25, 0.3) is 0 Å².